The van der Waals surface area contributed by atoms with Crippen molar-refractivity contribution in [3.8, 4) is 0 Å². The second-order valence-electron chi connectivity index (χ2n) is 6.93. The fourth-order valence-corrected chi connectivity index (χ4v) is 4.11. The number of rotatable bonds is 7. The fourth-order valence-electron chi connectivity index (χ4n) is 3.68. The maximum atomic E-state index is 13.3. The number of halogens is 2. The van der Waals surface area contributed by atoms with Crippen molar-refractivity contribution in [2.45, 2.75) is 63.8 Å². The van der Waals surface area contributed by atoms with E-state index in [-0.39, 0.29) is 5.82 Å². The highest BCUT2D eigenvalue weighted by atomic mass is 79.9. The van der Waals surface area contributed by atoms with Gasteiger partial charge in [0.1, 0.15) is 5.82 Å². The van der Waals surface area contributed by atoms with Gasteiger partial charge in [-0.05, 0) is 90.5 Å². The molecular weight excluding hydrogens is 329 g/mol. The maximum absolute atomic E-state index is 13.3. The van der Waals surface area contributed by atoms with Gasteiger partial charge in [-0.15, -0.1) is 0 Å². The van der Waals surface area contributed by atoms with Crippen molar-refractivity contribution in [1.82, 2.24) is 5.32 Å². The molecule has 0 amide bonds. The summed E-state index contributed by atoms with van der Waals surface area (Å²) >= 11 is 3.29. The summed E-state index contributed by atoms with van der Waals surface area (Å²) in [5.41, 5.74) is 1.78. The van der Waals surface area contributed by atoms with Crippen molar-refractivity contribution < 1.29 is 4.39 Å². The third kappa shape index (κ3) is 4.29. The molecule has 2 aliphatic carbocycles. The molecule has 0 saturated heterocycles. The summed E-state index contributed by atoms with van der Waals surface area (Å²) in [6, 6.07) is 6.28. The molecule has 2 aliphatic rings. The highest BCUT2D eigenvalue weighted by molar-refractivity contribution is 9.10. The average molecular weight is 354 g/mol. The third-order valence-corrected chi connectivity index (χ3v) is 5.87. The standard InChI is InChI=1S/C18H25BrFN/c19-16-13-14(3-6-17(16)20)7-10-18(8-1-2-9-18)11-12-21-15-4-5-15/h3,6,13,15,21H,1-2,4-5,7-12H2. The Morgan fingerprint density at radius 1 is 1.19 bits per heavy atom. The third-order valence-electron chi connectivity index (χ3n) is 5.26. The zero-order valence-electron chi connectivity index (χ0n) is 12.6. The molecule has 2 fully saturated rings. The van der Waals surface area contributed by atoms with Gasteiger partial charge >= 0.3 is 0 Å². The normalized spacial score (nSPS) is 20.9. The fraction of sp³-hybridized carbons (Fsp3) is 0.667. The van der Waals surface area contributed by atoms with Crippen molar-refractivity contribution in [2.75, 3.05) is 6.54 Å². The van der Waals surface area contributed by atoms with Gasteiger partial charge in [-0.3, -0.25) is 0 Å². The van der Waals surface area contributed by atoms with Crippen molar-refractivity contribution in [1.29, 1.82) is 0 Å². The van der Waals surface area contributed by atoms with Crippen LogP contribution in [0.5, 0.6) is 0 Å². The lowest BCUT2D eigenvalue weighted by Crippen LogP contribution is -2.26. The first-order valence-corrected chi connectivity index (χ1v) is 9.14. The molecule has 3 rings (SSSR count). The Morgan fingerprint density at radius 2 is 1.95 bits per heavy atom. The van der Waals surface area contributed by atoms with Crippen LogP contribution < -0.4 is 5.32 Å². The van der Waals surface area contributed by atoms with Crippen LogP contribution in [0.1, 0.15) is 56.9 Å². The van der Waals surface area contributed by atoms with Gasteiger partial charge in [-0.2, -0.15) is 0 Å². The van der Waals surface area contributed by atoms with E-state index in [2.05, 4.69) is 21.2 Å². The quantitative estimate of drug-likeness (QED) is 0.708. The summed E-state index contributed by atoms with van der Waals surface area (Å²) in [7, 11) is 0. The molecule has 1 aromatic carbocycles. The van der Waals surface area contributed by atoms with E-state index < -0.39 is 0 Å². The van der Waals surface area contributed by atoms with Gasteiger partial charge in [0, 0.05) is 6.04 Å². The van der Waals surface area contributed by atoms with Crippen LogP contribution in [0.15, 0.2) is 22.7 Å². The van der Waals surface area contributed by atoms with E-state index in [1.165, 1.54) is 63.5 Å². The second kappa shape index (κ2) is 6.78. The van der Waals surface area contributed by atoms with Gasteiger partial charge in [0.25, 0.3) is 0 Å². The average Bonchev–Trinajstić information content (AvgIpc) is 3.18. The van der Waals surface area contributed by atoms with Crippen molar-refractivity contribution in [3.63, 3.8) is 0 Å². The second-order valence-corrected chi connectivity index (χ2v) is 7.79. The molecule has 0 aliphatic heterocycles. The first-order chi connectivity index (χ1) is 10.2. The summed E-state index contributed by atoms with van der Waals surface area (Å²) in [6.07, 6.45) is 11.9. The predicted molar refractivity (Wildman–Crippen MR) is 89.0 cm³/mol. The molecule has 0 atom stereocenters. The van der Waals surface area contributed by atoms with E-state index in [9.17, 15) is 4.39 Å². The summed E-state index contributed by atoms with van der Waals surface area (Å²) in [4.78, 5) is 0. The molecule has 0 unspecified atom stereocenters. The molecule has 116 valence electrons. The van der Waals surface area contributed by atoms with Crippen LogP contribution in [0.3, 0.4) is 0 Å². The van der Waals surface area contributed by atoms with Crippen LogP contribution in [-0.2, 0) is 6.42 Å². The summed E-state index contributed by atoms with van der Waals surface area (Å²) in [5, 5.41) is 3.67. The largest absolute Gasteiger partial charge is 0.314 e. The Kier molecular flexibility index (Phi) is 5.00. The molecule has 1 nitrogen and oxygen atoms in total. The lowest BCUT2D eigenvalue weighted by Gasteiger charge is -2.29. The lowest BCUT2D eigenvalue weighted by atomic mass is 9.77. The monoisotopic (exact) mass is 353 g/mol. The van der Waals surface area contributed by atoms with Crippen LogP contribution in [0, 0.1) is 11.2 Å². The molecular formula is C18H25BrFN. The van der Waals surface area contributed by atoms with Crippen molar-refractivity contribution in [2.24, 2.45) is 5.41 Å². The minimum atomic E-state index is -0.164. The summed E-state index contributed by atoms with van der Waals surface area (Å²) < 4.78 is 13.9. The minimum Gasteiger partial charge on any atom is -0.314 e. The molecule has 3 heteroatoms. The Balaban J connectivity index is 1.54. The Morgan fingerprint density at radius 3 is 2.62 bits per heavy atom. The number of hydrogen-bond donors (Lipinski definition) is 1. The molecule has 0 heterocycles. The van der Waals surface area contributed by atoms with Crippen LogP contribution in [0.25, 0.3) is 0 Å². The zero-order valence-corrected chi connectivity index (χ0v) is 14.2. The minimum absolute atomic E-state index is 0.164. The first kappa shape index (κ1) is 15.5. The van der Waals surface area contributed by atoms with Gasteiger partial charge < -0.3 is 5.32 Å². The Hall–Kier alpha value is -0.410. The van der Waals surface area contributed by atoms with E-state index in [0.717, 1.165) is 12.5 Å². The molecule has 1 aromatic rings. The van der Waals surface area contributed by atoms with Crippen LogP contribution in [0.2, 0.25) is 0 Å². The van der Waals surface area contributed by atoms with Crippen LogP contribution >= 0.6 is 15.9 Å². The summed E-state index contributed by atoms with van der Waals surface area (Å²) in [5.74, 6) is -0.164. The molecule has 0 bridgehead atoms. The topological polar surface area (TPSA) is 12.0 Å². The van der Waals surface area contributed by atoms with E-state index >= 15 is 0 Å². The highest BCUT2D eigenvalue weighted by Gasteiger charge is 2.33. The zero-order chi connectivity index (χ0) is 14.7. The Bertz CT molecular complexity index is 478. The van der Waals surface area contributed by atoms with Crippen molar-refractivity contribution >= 4 is 15.9 Å². The Labute approximate surface area is 135 Å². The van der Waals surface area contributed by atoms with E-state index in [1.54, 1.807) is 6.07 Å². The highest BCUT2D eigenvalue weighted by Crippen LogP contribution is 2.44. The molecule has 0 radical (unpaired) electrons. The number of nitrogens with one attached hydrogen (secondary N) is 1. The van der Waals surface area contributed by atoms with E-state index in [0.29, 0.717) is 9.89 Å². The van der Waals surface area contributed by atoms with Gasteiger partial charge in [-0.25, -0.2) is 4.39 Å². The first-order valence-electron chi connectivity index (χ1n) is 8.34. The predicted octanol–water partition coefficient (Wildman–Crippen LogP) is 5.22. The van der Waals surface area contributed by atoms with Gasteiger partial charge in [0.05, 0.1) is 4.47 Å². The van der Waals surface area contributed by atoms with Crippen LogP contribution in [0.4, 0.5) is 4.39 Å². The van der Waals surface area contributed by atoms with Crippen molar-refractivity contribution in [3.05, 3.63) is 34.1 Å². The molecule has 1 N–H and O–H groups in total. The molecule has 0 spiro atoms. The smallest absolute Gasteiger partial charge is 0.137 e. The van der Waals surface area contributed by atoms with Gasteiger partial charge in [0.2, 0.25) is 0 Å². The number of benzene rings is 1. The molecule has 0 aromatic heterocycles. The molecule has 2 saturated carbocycles. The van der Waals surface area contributed by atoms with Gasteiger partial charge in [0.15, 0.2) is 0 Å². The maximum Gasteiger partial charge on any atom is 0.137 e. The van der Waals surface area contributed by atoms with Crippen LogP contribution in [-0.4, -0.2) is 12.6 Å². The van der Waals surface area contributed by atoms with E-state index in [4.69, 9.17) is 0 Å². The lowest BCUT2D eigenvalue weighted by molar-refractivity contribution is 0.245. The number of aryl methyl sites for hydroxylation is 1. The summed E-state index contributed by atoms with van der Waals surface area (Å²) in [6.45, 7) is 1.18. The molecule has 21 heavy (non-hydrogen) atoms. The number of hydrogen-bond acceptors (Lipinski definition) is 1. The SMILES string of the molecule is Fc1ccc(CCC2(CCNC3CC3)CCCC2)cc1Br. The van der Waals surface area contributed by atoms with Gasteiger partial charge in [-0.1, -0.05) is 18.9 Å². The van der Waals surface area contributed by atoms with E-state index in [1.807, 2.05) is 12.1 Å².